The summed E-state index contributed by atoms with van der Waals surface area (Å²) in [7, 11) is 0. The monoisotopic (exact) mass is 360 g/mol. The third-order valence-electron chi connectivity index (χ3n) is 4.91. The molecule has 0 saturated heterocycles. The third kappa shape index (κ3) is 4.00. The van der Waals surface area contributed by atoms with Gasteiger partial charge in [0.1, 0.15) is 12.0 Å². The van der Waals surface area contributed by atoms with Crippen molar-refractivity contribution >= 4 is 28.0 Å². The number of anilines is 1. The Hall–Kier alpha value is -2.75. The van der Waals surface area contributed by atoms with Crippen LogP contribution in [-0.2, 0) is 6.42 Å². The van der Waals surface area contributed by atoms with Gasteiger partial charge in [-0.05, 0) is 22.8 Å². The number of rotatable bonds is 5. The molecule has 1 aliphatic heterocycles. The zero-order chi connectivity index (χ0) is 19.2. The third-order valence-corrected chi connectivity index (χ3v) is 4.91. The van der Waals surface area contributed by atoms with E-state index in [0.29, 0.717) is 5.82 Å². The normalized spacial score (nSPS) is 15.1. The Labute approximate surface area is 161 Å². The molecule has 0 bridgehead atoms. The van der Waals surface area contributed by atoms with Crippen molar-refractivity contribution in [1.29, 1.82) is 0 Å². The largest absolute Gasteiger partial charge is 0.382 e. The highest BCUT2D eigenvalue weighted by Gasteiger charge is 2.29. The first-order valence-electron chi connectivity index (χ1n) is 9.91. The quantitative estimate of drug-likeness (QED) is 0.621. The summed E-state index contributed by atoms with van der Waals surface area (Å²) < 4.78 is 0. The number of aliphatic imine (C=N–C) groups is 1. The number of nitrogens with zero attached hydrogens (tertiary/aromatic N) is 3. The van der Waals surface area contributed by atoms with Gasteiger partial charge >= 0.3 is 0 Å². The summed E-state index contributed by atoms with van der Waals surface area (Å²) in [6.07, 6.45) is 5.77. The van der Waals surface area contributed by atoms with Gasteiger partial charge in [0, 0.05) is 18.1 Å². The fourth-order valence-electron chi connectivity index (χ4n) is 3.59. The van der Waals surface area contributed by atoms with Crippen LogP contribution in [0.15, 0.2) is 53.8 Å². The number of nitrogens with two attached hydrogens (primary N) is 1. The van der Waals surface area contributed by atoms with Crippen LogP contribution in [-0.4, -0.2) is 15.7 Å². The van der Waals surface area contributed by atoms with E-state index in [9.17, 15) is 0 Å². The molecule has 1 aliphatic rings. The predicted molar refractivity (Wildman–Crippen MR) is 115 cm³/mol. The van der Waals surface area contributed by atoms with Gasteiger partial charge in [0.25, 0.3) is 0 Å². The van der Waals surface area contributed by atoms with E-state index in [0.717, 1.165) is 42.8 Å². The van der Waals surface area contributed by atoms with Gasteiger partial charge in [0.05, 0.1) is 5.69 Å². The first-order valence-corrected chi connectivity index (χ1v) is 9.91. The topological polar surface area (TPSA) is 64.2 Å². The van der Waals surface area contributed by atoms with Gasteiger partial charge < -0.3 is 5.73 Å². The van der Waals surface area contributed by atoms with Gasteiger partial charge in [0.2, 0.25) is 0 Å². The highest BCUT2D eigenvalue weighted by Crippen LogP contribution is 2.40. The van der Waals surface area contributed by atoms with Crippen LogP contribution >= 0.6 is 0 Å². The smallest absolute Gasteiger partial charge is 0.153 e. The minimum atomic E-state index is 0.256. The first kappa shape index (κ1) is 19.0. The number of fused-ring (bicyclic) bond motifs is 2. The highest BCUT2D eigenvalue weighted by molar-refractivity contribution is 6.00. The van der Waals surface area contributed by atoms with E-state index in [1.807, 2.05) is 13.8 Å². The lowest BCUT2D eigenvalue weighted by molar-refractivity contribution is 0.675. The number of unbranched alkanes of at least 4 members (excludes halogenated alkanes) is 1. The Balaban J connectivity index is 0.00000102. The summed E-state index contributed by atoms with van der Waals surface area (Å²) >= 11 is 0. The molecule has 0 aliphatic carbocycles. The first-order chi connectivity index (χ1) is 13.3. The van der Waals surface area contributed by atoms with E-state index in [2.05, 4.69) is 59.4 Å². The molecule has 2 N–H and O–H groups in total. The molecule has 140 valence electrons. The van der Waals surface area contributed by atoms with E-state index >= 15 is 0 Å². The van der Waals surface area contributed by atoms with Crippen molar-refractivity contribution in [2.24, 2.45) is 4.99 Å². The predicted octanol–water partition coefficient (Wildman–Crippen LogP) is 5.84. The van der Waals surface area contributed by atoms with Gasteiger partial charge in [-0.2, -0.15) is 0 Å². The summed E-state index contributed by atoms with van der Waals surface area (Å²) in [5.41, 5.74) is 10.2. The van der Waals surface area contributed by atoms with Crippen molar-refractivity contribution < 1.29 is 0 Å². The fourth-order valence-corrected chi connectivity index (χ4v) is 3.59. The highest BCUT2D eigenvalue weighted by atomic mass is 15.0. The summed E-state index contributed by atoms with van der Waals surface area (Å²) in [6.45, 7) is 6.21. The SMILES string of the molecule is CC.CCCCC1C(Cc2ccc3ccccc3c2)=Nc2c(N)ncnc21. The molecule has 4 heteroatoms. The zero-order valence-electron chi connectivity index (χ0n) is 16.4. The molecule has 4 nitrogen and oxygen atoms in total. The average Bonchev–Trinajstić information content (AvgIpc) is 3.06. The van der Waals surface area contributed by atoms with Crippen LogP contribution in [0.25, 0.3) is 10.8 Å². The summed E-state index contributed by atoms with van der Waals surface area (Å²) in [5, 5.41) is 2.53. The van der Waals surface area contributed by atoms with E-state index in [1.165, 1.54) is 16.3 Å². The second-order valence-electron chi connectivity index (χ2n) is 6.65. The average molecular weight is 361 g/mol. The molecule has 0 spiro atoms. The number of benzene rings is 2. The standard InChI is InChI=1S/C21H22N4.C2H6/c1-2-3-8-17-18(25-20-19(17)23-13-24-21(20)22)12-14-9-10-15-6-4-5-7-16(15)11-14;1-2/h4-7,9-11,13,17H,2-3,8,12H2,1H3,(H2,22,23,24);1-2H3. The molecule has 1 unspecified atom stereocenters. The van der Waals surface area contributed by atoms with Crippen molar-refractivity contribution in [2.45, 2.75) is 52.4 Å². The Morgan fingerprint density at radius 2 is 1.78 bits per heavy atom. The lowest BCUT2D eigenvalue weighted by atomic mass is 9.90. The summed E-state index contributed by atoms with van der Waals surface area (Å²) in [4.78, 5) is 13.4. The molecule has 27 heavy (non-hydrogen) atoms. The van der Waals surface area contributed by atoms with Crippen molar-refractivity contribution in [1.82, 2.24) is 9.97 Å². The molecule has 0 amide bonds. The number of aromatic nitrogens is 2. The maximum atomic E-state index is 6.03. The zero-order valence-corrected chi connectivity index (χ0v) is 16.4. The van der Waals surface area contributed by atoms with Gasteiger partial charge in [-0.1, -0.05) is 76.1 Å². The van der Waals surface area contributed by atoms with E-state index in [-0.39, 0.29) is 5.92 Å². The van der Waals surface area contributed by atoms with E-state index < -0.39 is 0 Å². The molecule has 0 radical (unpaired) electrons. The van der Waals surface area contributed by atoms with Crippen LogP contribution in [0.5, 0.6) is 0 Å². The Morgan fingerprint density at radius 3 is 2.56 bits per heavy atom. The van der Waals surface area contributed by atoms with Crippen LogP contribution in [0.1, 0.15) is 57.2 Å². The number of hydrogen-bond acceptors (Lipinski definition) is 4. The van der Waals surface area contributed by atoms with Gasteiger partial charge in [-0.15, -0.1) is 0 Å². The van der Waals surface area contributed by atoms with Crippen molar-refractivity contribution in [3.05, 3.63) is 60.0 Å². The molecule has 1 atom stereocenters. The summed E-state index contributed by atoms with van der Waals surface area (Å²) in [5.74, 6) is 0.742. The Kier molecular flexibility index (Phi) is 6.17. The van der Waals surface area contributed by atoms with Gasteiger partial charge in [-0.3, -0.25) is 4.99 Å². The molecular formula is C23H28N4. The van der Waals surface area contributed by atoms with Crippen LogP contribution < -0.4 is 5.73 Å². The molecule has 3 aromatic rings. The van der Waals surface area contributed by atoms with Gasteiger partial charge in [-0.25, -0.2) is 9.97 Å². The minimum Gasteiger partial charge on any atom is -0.382 e. The lowest BCUT2D eigenvalue weighted by Gasteiger charge is -2.14. The molecule has 2 heterocycles. The number of nitrogen functional groups attached to an aromatic ring is 1. The maximum absolute atomic E-state index is 6.03. The molecule has 2 aromatic carbocycles. The second kappa shape index (κ2) is 8.76. The summed E-state index contributed by atoms with van der Waals surface area (Å²) in [6, 6.07) is 15.1. The van der Waals surface area contributed by atoms with E-state index in [1.54, 1.807) is 6.33 Å². The maximum Gasteiger partial charge on any atom is 0.153 e. The number of hydrogen-bond donors (Lipinski definition) is 1. The second-order valence-corrected chi connectivity index (χ2v) is 6.65. The van der Waals surface area contributed by atoms with Crippen LogP contribution in [0, 0.1) is 0 Å². The Morgan fingerprint density at radius 1 is 1.00 bits per heavy atom. The molecule has 1 aromatic heterocycles. The van der Waals surface area contributed by atoms with Crippen LogP contribution in [0.3, 0.4) is 0 Å². The molecule has 4 rings (SSSR count). The van der Waals surface area contributed by atoms with Crippen LogP contribution in [0.4, 0.5) is 11.5 Å². The molecular weight excluding hydrogens is 332 g/mol. The van der Waals surface area contributed by atoms with Crippen molar-refractivity contribution in [3.63, 3.8) is 0 Å². The molecule has 0 saturated carbocycles. The fraction of sp³-hybridized carbons (Fsp3) is 0.348. The van der Waals surface area contributed by atoms with Crippen LogP contribution in [0.2, 0.25) is 0 Å². The van der Waals surface area contributed by atoms with Crippen molar-refractivity contribution in [2.75, 3.05) is 5.73 Å². The Bertz CT molecular complexity index is 946. The lowest BCUT2D eigenvalue weighted by Crippen LogP contribution is -2.13. The minimum absolute atomic E-state index is 0.256. The molecule has 0 fully saturated rings. The van der Waals surface area contributed by atoms with Gasteiger partial charge in [0.15, 0.2) is 5.82 Å². The van der Waals surface area contributed by atoms with Crippen molar-refractivity contribution in [3.8, 4) is 0 Å². The van der Waals surface area contributed by atoms with E-state index in [4.69, 9.17) is 10.7 Å².